The van der Waals surface area contributed by atoms with Crippen LogP contribution >= 0.6 is 24.2 Å². The Bertz CT molecular complexity index is 227. The normalized spacial score (nSPS) is 24.1. The molecule has 2 rings (SSSR count). The van der Waals surface area contributed by atoms with Crippen LogP contribution in [0.3, 0.4) is 0 Å². The van der Waals surface area contributed by atoms with Crippen molar-refractivity contribution in [2.75, 3.05) is 18.1 Å². The molecule has 1 saturated heterocycles. The predicted molar refractivity (Wildman–Crippen MR) is 66.5 cm³/mol. The van der Waals surface area contributed by atoms with Crippen LogP contribution in [-0.2, 0) is 4.79 Å². The van der Waals surface area contributed by atoms with Crippen molar-refractivity contribution in [3.63, 3.8) is 0 Å². The first-order valence-electron chi connectivity index (χ1n) is 5.36. The number of halogens is 1. The average Bonchev–Trinajstić information content (AvgIpc) is 2.96. The maximum Gasteiger partial charge on any atom is 0.240 e. The first-order chi connectivity index (χ1) is 6.71. The zero-order valence-electron chi connectivity index (χ0n) is 8.83. The highest BCUT2D eigenvalue weighted by atomic mass is 35.5. The van der Waals surface area contributed by atoms with Gasteiger partial charge in [-0.3, -0.25) is 4.79 Å². The molecule has 0 aromatic rings. The number of rotatable bonds is 3. The second-order valence-corrected chi connectivity index (χ2v) is 5.65. The highest BCUT2D eigenvalue weighted by Crippen LogP contribution is 2.32. The van der Waals surface area contributed by atoms with Crippen molar-refractivity contribution in [3.05, 3.63) is 0 Å². The summed E-state index contributed by atoms with van der Waals surface area (Å²) in [5.41, 5.74) is 5.29. The fraction of sp³-hybridized carbons (Fsp3) is 0.900. The number of hydrogen-bond acceptors (Lipinski definition) is 3. The van der Waals surface area contributed by atoms with E-state index in [1.54, 1.807) is 0 Å². The lowest BCUT2D eigenvalue weighted by atomic mass is 10.0. The van der Waals surface area contributed by atoms with Crippen LogP contribution in [0.2, 0.25) is 0 Å². The third-order valence-corrected chi connectivity index (χ3v) is 4.18. The smallest absolute Gasteiger partial charge is 0.240 e. The molecule has 0 aromatic carbocycles. The molecular formula is C10H19ClN2OS. The summed E-state index contributed by atoms with van der Waals surface area (Å²) in [6, 6.07) is 0. The van der Waals surface area contributed by atoms with Crippen LogP contribution in [0.5, 0.6) is 0 Å². The number of nitrogens with one attached hydrogen (secondary N) is 1. The molecule has 1 saturated carbocycles. The molecule has 1 amide bonds. The predicted octanol–water partition coefficient (Wildman–Crippen LogP) is 1.16. The largest absolute Gasteiger partial charge is 0.354 e. The Labute approximate surface area is 101 Å². The Balaban J connectivity index is 0.00000112. The summed E-state index contributed by atoms with van der Waals surface area (Å²) in [5.74, 6) is 3.24. The molecule has 5 heteroatoms. The molecule has 3 nitrogen and oxygen atoms in total. The van der Waals surface area contributed by atoms with Crippen molar-refractivity contribution in [1.29, 1.82) is 0 Å². The van der Waals surface area contributed by atoms with E-state index in [9.17, 15) is 4.79 Å². The van der Waals surface area contributed by atoms with Crippen molar-refractivity contribution in [2.45, 2.75) is 31.2 Å². The van der Waals surface area contributed by atoms with Gasteiger partial charge in [0.25, 0.3) is 0 Å². The molecule has 0 radical (unpaired) electrons. The van der Waals surface area contributed by atoms with Crippen molar-refractivity contribution in [2.24, 2.45) is 11.7 Å². The molecular weight excluding hydrogens is 232 g/mol. The molecule has 0 unspecified atom stereocenters. The average molecular weight is 251 g/mol. The van der Waals surface area contributed by atoms with E-state index in [0.29, 0.717) is 5.92 Å². The van der Waals surface area contributed by atoms with Crippen LogP contribution in [0.4, 0.5) is 0 Å². The second-order valence-electron chi connectivity index (χ2n) is 4.42. The van der Waals surface area contributed by atoms with Crippen molar-refractivity contribution in [3.8, 4) is 0 Å². The zero-order chi connectivity index (χ0) is 10.0. The van der Waals surface area contributed by atoms with Gasteiger partial charge in [0.05, 0.1) is 5.54 Å². The number of carbonyl (C=O) groups excluding carboxylic acids is 1. The number of amides is 1. The molecule has 0 spiro atoms. The molecule has 3 N–H and O–H groups in total. The van der Waals surface area contributed by atoms with E-state index >= 15 is 0 Å². The van der Waals surface area contributed by atoms with Gasteiger partial charge in [0.1, 0.15) is 0 Å². The molecule has 1 aliphatic carbocycles. The number of carbonyl (C=O) groups is 1. The van der Waals surface area contributed by atoms with E-state index in [1.165, 1.54) is 24.3 Å². The van der Waals surface area contributed by atoms with Crippen molar-refractivity contribution in [1.82, 2.24) is 5.32 Å². The Kier molecular flexibility index (Phi) is 4.74. The summed E-state index contributed by atoms with van der Waals surface area (Å²) in [6.45, 7) is 0.832. The Morgan fingerprint density at radius 1 is 1.40 bits per heavy atom. The fourth-order valence-electron chi connectivity index (χ4n) is 1.73. The van der Waals surface area contributed by atoms with Gasteiger partial charge >= 0.3 is 0 Å². The summed E-state index contributed by atoms with van der Waals surface area (Å²) >= 11 is 2.01. The van der Waals surface area contributed by atoms with Gasteiger partial charge in [0.2, 0.25) is 5.91 Å². The maximum atomic E-state index is 11.5. The second kappa shape index (κ2) is 5.41. The first kappa shape index (κ1) is 13.1. The number of nitrogens with two attached hydrogens (primary N) is 1. The summed E-state index contributed by atoms with van der Waals surface area (Å²) in [7, 11) is 0. The van der Waals surface area contributed by atoms with Gasteiger partial charge in [-0.25, -0.2) is 0 Å². The minimum atomic E-state index is -0.497. The van der Waals surface area contributed by atoms with Crippen LogP contribution in [0, 0.1) is 5.92 Å². The summed E-state index contributed by atoms with van der Waals surface area (Å²) in [5, 5.41) is 2.98. The van der Waals surface area contributed by atoms with Crippen LogP contribution < -0.4 is 11.1 Å². The Morgan fingerprint density at radius 2 is 2.00 bits per heavy atom. The van der Waals surface area contributed by atoms with Gasteiger partial charge in [-0.05, 0) is 43.1 Å². The van der Waals surface area contributed by atoms with Crippen LogP contribution in [0.1, 0.15) is 25.7 Å². The minimum Gasteiger partial charge on any atom is -0.354 e. The quantitative estimate of drug-likeness (QED) is 0.791. The highest BCUT2D eigenvalue weighted by Gasteiger charge is 2.45. The third-order valence-electron chi connectivity index (χ3n) is 3.13. The maximum absolute atomic E-state index is 11.5. The van der Waals surface area contributed by atoms with Gasteiger partial charge in [0.15, 0.2) is 0 Å². The molecule has 0 atom stereocenters. The molecule has 1 aliphatic heterocycles. The Hall–Kier alpha value is 0.0700. The number of thioether (sulfide) groups is 1. The monoisotopic (exact) mass is 250 g/mol. The van der Waals surface area contributed by atoms with Gasteiger partial charge < -0.3 is 11.1 Å². The van der Waals surface area contributed by atoms with Gasteiger partial charge in [0, 0.05) is 6.54 Å². The lowest BCUT2D eigenvalue weighted by Gasteiger charge is -2.22. The van der Waals surface area contributed by atoms with Crippen LogP contribution in [-0.4, -0.2) is 29.5 Å². The minimum absolute atomic E-state index is 0. The molecule has 15 heavy (non-hydrogen) atoms. The lowest BCUT2D eigenvalue weighted by Crippen LogP contribution is -2.44. The van der Waals surface area contributed by atoms with E-state index in [0.717, 1.165) is 19.4 Å². The van der Waals surface area contributed by atoms with E-state index in [-0.39, 0.29) is 18.3 Å². The van der Waals surface area contributed by atoms with Crippen molar-refractivity contribution < 1.29 is 4.79 Å². The molecule has 2 fully saturated rings. The van der Waals surface area contributed by atoms with E-state index in [2.05, 4.69) is 5.32 Å². The van der Waals surface area contributed by atoms with Crippen molar-refractivity contribution >= 4 is 30.1 Å². The summed E-state index contributed by atoms with van der Waals surface area (Å²) in [4.78, 5) is 11.5. The SMILES string of the molecule is Cl.NC1(C(=O)NCC2CCSCC2)CC1. The zero-order valence-corrected chi connectivity index (χ0v) is 10.5. The first-order valence-corrected chi connectivity index (χ1v) is 6.51. The van der Waals surface area contributed by atoms with E-state index in [1.807, 2.05) is 11.8 Å². The highest BCUT2D eigenvalue weighted by molar-refractivity contribution is 7.99. The van der Waals surface area contributed by atoms with Crippen LogP contribution in [0.15, 0.2) is 0 Å². The number of hydrogen-bond donors (Lipinski definition) is 2. The van der Waals surface area contributed by atoms with Gasteiger partial charge in [-0.15, -0.1) is 12.4 Å². The third kappa shape index (κ3) is 3.54. The molecule has 0 aromatic heterocycles. The Morgan fingerprint density at radius 3 is 2.53 bits per heavy atom. The molecule has 0 bridgehead atoms. The summed E-state index contributed by atoms with van der Waals surface area (Å²) < 4.78 is 0. The lowest BCUT2D eigenvalue weighted by molar-refractivity contribution is -0.123. The molecule has 1 heterocycles. The standard InChI is InChI=1S/C10H18N2OS.ClH/c11-10(3-4-10)9(13)12-7-8-1-5-14-6-2-8;/h8H,1-7,11H2,(H,12,13);1H. The van der Waals surface area contributed by atoms with Gasteiger partial charge in [-0.1, -0.05) is 0 Å². The van der Waals surface area contributed by atoms with E-state index < -0.39 is 5.54 Å². The van der Waals surface area contributed by atoms with E-state index in [4.69, 9.17) is 5.73 Å². The molecule has 88 valence electrons. The fourth-order valence-corrected chi connectivity index (χ4v) is 2.93. The van der Waals surface area contributed by atoms with Gasteiger partial charge in [-0.2, -0.15) is 11.8 Å². The summed E-state index contributed by atoms with van der Waals surface area (Å²) in [6.07, 6.45) is 4.20. The van der Waals surface area contributed by atoms with Crippen LogP contribution in [0.25, 0.3) is 0 Å². The molecule has 2 aliphatic rings. The topological polar surface area (TPSA) is 55.1 Å².